The minimum Gasteiger partial charge on any atom is -0.345 e. The van der Waals surface area contributed by atoms with Gasteiger partial charge in [-0.25, -0.2) is 0 Å². The first-order valence-electron chi connectivity index (χ1n) is 10.2. The maximum Gasteiger partial charge on any atom is 0.263 e. The lowest BCUT2D eigenvalue weighted by molar-refractivity contribution is 0.0937. The third-order valence-electron chi connectivity index (χ3n) is 6.25. The summed E-state index contributed by atoms with van der Waals surface area (Å²) < 4.78 is 1.92. The van der Waals surface area contributed by atoms with Crippen molar-refractivity contribution in [2.24, 2.45) is 0 Å². The van der Waals surface area contributed by atoms with Gasteiger partial charge in [0, 0.05) is 18.2 Å². The van der Waals surface area contributed by atoms with Crippen molar-refractivity contribution in [2.45, 2.75) is 70.4 Å². The van der Waals surface area contributed by atoms with E-state index in [1.165, 1.54) is 24.1 Å². The lowest BCUT2D eigenvalue weighted by atomic mass is 9.94. The molecule has 4 heteroatoms. The van der Waals surface area contributed by atoms with Crippen LogP contribution in [0.3, 0.4) is 0 Å². The van der Waals surface area contributed by atoms with Crippen molar-refractivity contribution in [2.75, 3.05) is 0 Å². The van der Waals surface area contributed by atoms with E-state index in [0.717, 1.165) is 31.4 Å². The minimum atomic E-state index is -0.257. The summed E-state index contributed by atoms with van der Waals surface area (Å²) in [4.78, 5) is 26.1. The number of fused-ring (bicyclic) bond motifs is 5. The second kappa shape index (κ2) is 7.34. The number of nitrogens with one attached hydrogen (secondary N) is 1. The summed E-state index contributed by atoms with van der Waals surface area (Å²) >= 11 is 0. The Kier molecular flexibility index (Phi) is 4.90. The molecule has 1 fully saturated rings. The van der Waals surface area contributed by atoms with Crippen LogP contribution in [0.1, 0.15) is 91.0 Å². The highest BCUT2D eigenvalue weighted by atomic mass is 16.2. The average molecular weight is 364 g/mol. The van der Waals surface area contributed by atoms with E-state index >= 15 is 0 Å². The van der Waals surface area contributed by atoms with Gasteiger partial charge in [0.1, 0.15) is 5.56 Å². The predicted octanol–water partition coefficient (Wildman–Crippen LogP) is 4.50. The Balaban J connectivity index is 1.67. The molecule has 0 saturated heterocycles. The Hall–Kier alpha value is -2.36. The standard InChI is InChI=1S/C23H28N2O2/c1-3-4-12-25-21-18-11-10-17(13-18)19(21)14-20(23(25)27)22(26)24-15(2)16-8-6-5-7-9-16/h5-9,14-15,17-18H,3-4,10-13H2,1-2H3,(H,24,26)/t15-,17+,18-/m1/s1. The molecule has 3 atom stereocenters. The van der Waals surface area contributed by atoms with Gasteiger partial charge in [0.15, 0.2) is 0 Å². The van der Waals surface area contributed by atoms with Crippen LogP contribution in [-0.2, 0) is 6.54 Å². The smallest absolute Gasteiger partial charge is 0.263 e. The lowest BCUT2D eigenvalue weighted by Crippen LogP contribution is -2.36. The number of hydrogen-bond acceptors (Lipinski definition) is 2. The molecule has 4 rings (SSSR count). The van der Waals surface area contributed by atoms with Gasteiger partial charge in [-0.3, -0.25) is 9.59 Å². The molecule has 142 valence electrons. The molecule has 4 nitrogen and oxygen atoms in total. The number of carbonyl (C=O) groups excluding carboxylic acids is 1. The Bertz CT molecular complexity index is 901. The first kappa shape index (κ1) is 18.0. The summed E-state index contributed by atoms with van der Waals surface area (Å²) in [5, 5.41) is 3.02. The Labute approximate surface area is 160 Å². The number of aromatic nitrogens is 1. The molecule has 1 amide bonds. The number of unbranched alkanes of at least 4 members (excludes halogenated alkanes) is 1. The van der Waals surface area contributed by atoms with Crippen LogP contribution in [-0.4, -0.2) is 10.5 Å². The van der Waals surface area contributed by atoms with Crippen molar-refractivity contribution in [3.63, 3.8) is 0 Å². The number of carbonyl (C=O) groups is 1. The summed E-state index contributed by atoms with van der Waals surface area (Å²) in [5.74, 6) is 0.777. The molecule has 0 radical (unpaired) electrons. The first-order valence-corrected chi connectivity index (χ1v) is 10.2. The van der Waals surface area contributed by atoms with E-state index < -0.39 is 0 Å². The number of hydrogen-bond donors (Lipinski definition) is 1. The summed E-state index contributed by atoms with van der Waals surface area (Å²) in [5.41, 5.74) is 3.70. The van der Waals surface area contributed by atoms with E-state index in [-0.39, 0.29) is 17.5 Å². The predicted molar refractivity (Wildman–Crippen MR) is 107 cm³/mol. The third kappa shape index (κ3) is 3.22. The van der Waals surface area contributed by atoms with Gasteiger partial charge in [-0.1, -0.05) is 43.7 Å². The van der Waals surface area contributed by atoms with Gasteiger partial charge in [0.25, 0.3) is 11.5 Å². The van der Waals surface area contributed by atoms with E-state index in [0.29, 0.717) is 17.4 Å². The van der Waals surface area contributed by atoms with E-state index in [2.05, 4.69) is 12.2 Å². The fourth-order valence-electron chi connectivity index (χ4n) is 4.80. The van der Waals surface area contributed by atoms with Crippen molar-refractivity contribution >= 4 is 5.91 Å². The highest BCUT2D eigenvalue weighted by molar-refractivity contribution is 5.94. The van der Waals surface area contributed by atoms with Crippen LogP contribution >= 0.6 is 0 Å². The van der Waals surface area contributed by atoms with Crippen LogP contribution in [0.5, 0.6) is 0 Å². The maximum absolute atomic E-state index is 13.2. The Morgan fingerprint density at radius 2 is 1.96 bits per heavy atom. The topological polar surface area (TPSA) is 51.1 Å². The highest BCUT2D eigenvalue weighted by Crippen LogP contribution is 2.52. The van der Waals surface area contributed by atoms with E-state index in [1.54, 1.807) is 0 Å². The van der Waals surface area contributed by atoms with Crippen molar-refractivity contribution in [1.82, 2.24) is 9.88 Å². The Morgan fingerprint density at radius 3 is 2.70 bits per heavy atom. The van der Waals surface area contributed by atoms with Crippen LogP contribution in [0.4, 0.5) is 0 Å². The highest BCUT2D eigenvalue weighted by Gasteiger charge is 2.40. The number of amides is 1. The number of rotatable bonds is 6. The van der Waals surface area contributed by atoms with Gasteiger partial charge in [-0.2, -0.15) is 0 Å². The van der Waals surface area contributed by atoms with Gasteiger partial charge >= 0.3 is 0 Å². The van der Waals surface area contributed by atoms with Crippen LogP contribution in [0.2, 0.25) is 0 Å². The molecule has 2 aliphatic carbocycles. The number of benzene rings is 1. The fraction of sp³-hybridized carbons (Fsp3) is 0.478. The second-order valence-electron chi connectivity index (χ2n) is 8.02. The summed E-state index contributed by atoms with van der Waals surface area (Å²) in [6, 6.07) is 11.6. The SMILES string of the molecule is CCCCn1c2c(cc(C(=O)N[C@H](C)c3ccccc3)c1=O)[C@H]1CC[C@@H]2C1. The summed E-state index contributed by atoms with van der Waals surface area (Å²) in [7, 11) is 0. The molecule has 2 bridgehead atoms. The van der Waals surface area contributed by atoms with E-state index in [1.807, 2.05) is 47.9 Å². The number of nitrogens with zero attached hydrogens (tertiary/aromatic N) is 1. The molecule has 27 heavy (non-hydrogen) atoms. The molecule has 1 N–H and O–H groups in total. The van der Waals surface area contributed by atoms with Gasteiger partial charge < -0.3 is 9.88 Å². The van der Waals surface area contributed by atoms with Crippen molar-refractivity contribution in [3.05, 3.63) is 69.1 Å². The van der Waals surface area contributed by atoms with Crippen LogP contribution in [0, 0.1) is 0 Å². The zero-order chi connectivity index (χ0) is 19.0. The quantitative estimate of drug-likeness (QED) is 0.820. The molecule has 2 aliphatic rings. The second-order valence-corrected chi connectivity index (χ2v) is 8.02. The van der Waals surface area contributed by atoms with Gasteiger partial charge in [-0.05, 0) is 55.7 Å². The first-order chi connectivity index (χ1) is 13.1. The van der Waals surface area contributed by atoms with Gasteiger partial charge in [0.2, 0.25) is 0 Å². The molecule has 1 saturated carbocycles. The van der Waals surface area contributed by atoms with E-state index in [9.17, 15) is 9.59 Å². The van der Waals surface area contributed by atoms with Crippen molar-refractivity contribution in [1.29, 1.82) is 0 Å². The summed E-state index contributed by atoms with van der Waals surface area (Å²) in [6.07, 6.45) is 5.52. The van der Waals surface area contributed by atoms with Crippen LogP contribution in [0.25, 0.3) is 0 Å². The molecule has 0 unspecified atom stereocenters. The molecule has 0 spiro atoms. The molecule has 1 heterocycles. The maximum atomic E-state index is 13.2. The summed E-state index contributed by atoms with van der Waals surface area (Å²) in [6.45, 7) is 4.81. The van der Waals surface area contributed by atoms with Gasteiger partial charge in [-0.15, -0.1) is 0 Å². The Morgan fingerprint density at radius 1 is 1.22 bits per heavy atom. The molecule has 2 aromatic rings. The fourth-order valence-corrected chi connectivity index (χ4v) is 4.80. The zero-order valence-electron chi connectivity index (χ0n) is 16.2. The van der Waals surface area contributed by atoms with E-state index in [4.69, 9.17) is 0 Å². The van der Waals surface area contributed by atoms with Gasteiger partial charge in [0.05, 0.1) is 6.04 Å². The normalized spacial score (nSPS) is 21.1. The molecule has 1 aromatic heterocycles. The molecular formula is C23H28N2O2. The third-order valence-corrected chi connectivity index (χ3v) is 6.25. The van der Waals surface area contributed by atoms with Crippen molar-refractivity contribution < 1.29 is 4.79 Å². The van der Waals surface area contributed by atoms with Crippen LogP contribution in [0.15, 0.2) is 41.2 Å². The lowest BCUT2D eigenvalue weighted by Gasteiger charge is -2.22. The van der Waals surface area contributed by atoms with Crippen molar-refractivity contribution in [3.8, 4) is 0 Å². The molecule has 0 aliphatic heterocycles. The largest absolute Gasteiger partial charge is 0.345 e. The minimum absolute atomic E-state index is 0.118. The molecule has 1 aromatic carbocycles. The zero-order valence-corrected chi connectivity index (χ0v) is 16.2. The van der Waals surface area contributed by atoms with Crippen LogP contribution < -0.4 is 10.9 Å². The average Bonchev–Trinajstić information content (AvgIpc) is 3.29. The monoisotopic (exact) mass is 364 g/mol. The number of pyridine rings is 1. The molecular weight excluding hydrogens is 336 g/mol.